The summed E-state index contributed by atoms with van der Waals surface area (Å²) in [4.78, 5) is 12.3. The maximum absolute atomic E-state index is 12.3. The molecule has 2 aromatic rings. The molecule has 2 aromatic carbocycles. The molecule has 3 nitrogen and oxygen atoms in total. The summed E-state index contributed by atoms with van der Waals surface area (Å²) >= 11 is 0. The summed E-state index contributed by atoms with van der Waals surface area (Å²) in [5, 5.41) is 0. The van der Waals surface area contributed by atoms with Crippen LogP contribution in [0.3, 0.4) is 0 Å². The number of aryl methyl sites for hydroxylation is 3. The highest BCUT2D eigenvalue weighted by Crippen LogP contribution is 2.23. The van der Waals surface area contributed by atoms with Gasteiger partial charge in [-0.25, -0.2) is 4.79 Å². The number of hydrogen-bond donors (Lipinski definition) is 0. The molecule has 0 aromatic heterocycles. The van der Waals surface area contributed by atoms with Crippen LogP contribution in [-0.4, -0.2) is 12.1 Å². The van der Waals surface area contributed by atoms with E-state index in [1.165, 1.54) is 5.56 Å². The van der Waals surface area contributed by atoms with Gasteiger partial charge >= 0.3 is 5.97 Å². The van der Waals surface area contributed by atoms with E-state index in [2.05, 4.69) is 13.0 Å². The van der Waals surface area contributed by atoms with Gasteiger partial charge in [0.1, 0.15) is 12.4 Å². The molecular weight excluding hydrogens is 288 g/mol. The van der Waals surface area contributed by atoms with Crippen LogP contribution in [0.4, 0.5) is 0 Å². The van der Waals surface area contributed by atoms with Gasteiger partial charge in [0.25, 0.3) is 0 Å². The monoisotopic (exact) mass is 312 g/mol. The van der Waals surface area contributed by atoms with Crippen molar-refractivity contribution in [3.63, 3.8) is 0 Å². The summed E-state index contributed by atoms with van der Waals surface area (Å²) in [6.45, 7) is 10.1. The summed E-state index contributed by atoms with van der Waals surface area (Å²) in [7, 11) is 0. The number of esters is 1. The predicted octanol–water partition coefficient (Wildman–Crippen LogP) is 4.76. The Bertz CT molecular complexity index is 702. The lowest BCUT2D eigenvalue weighted by Gasteiger charge is -2.15. The Hall–Kier alpha value is -2.29. The molecule has 0 unspecified atom stereocenters. The van der Waals surface area contributed by atoms with Crippen molar-refractivity contribution in [3.05, 3.63) is 64.2 Å². The second-order valence-corrected chi connectivity index (χ2v) is 6.11. The smallest absolute Gasteiger partial charge is 0.338 e. The Balaban J connectivity index is 2.23. The predicted molar refractivity (Wildman–Crippen MR) is 92.0 cm³/mol. The van der Waals surface area contributed by atoms with Crippen molar-refractivity contribution in [1.29, 1.82) is 0 Å². The molecule has 0 amide bonds. The van der Waals surface area contributed by atoms with Gasteiger partial charge in [-0.2, -0.15) is 0 Å². The number of rotatable bonds is 5. The van der Waals surface area contributed by atoms with Crippen molar-refractivity contribution in [2.45, 2.75) is 47.3 Å². The summed E-state index contributed by atoms with van der Waals surface area (Å²) in [6, 6.07) is 11.7. The Morgan fingerprint density at radius 1 is 1.04 bits per heavy atom. The Labute approximate surface area is 138 Å². The van der Waals surface area contributed by atoms with Gasteiger partial charge in [0.2, 0.25) is 0 Å². The number of carbonyl (C=O) groups is 1. The van der Waals surface area contributed by atoms with Crippen LogP contribution < -0.4 is 4.74 Å². The van der Waals surface area contributed by atoms with E-state index in [4.69, 9.17) is 9.47 Å². The van der Waals surface area contributed by atoms with E-state index in [1.807, 2.05) is 52.0 Å². The first-order valence-electron chi connectivity index (χ1n) is 7.88. The minimum absolute atomic E-state index is 0.142. The molecule has 0 aliphatic carbocycles. The highest BCUT2D eigenvalue weighted by molar-refractivity contribution is 5.91. The number of hydrogen-bond acceptors (Lipinski definition) is 3. The maximum atomic E-state index is 12.3. The van der Waals surface area contributed by atoms with Crippen LogP contribution >= 0.6 is 0 Å². The molecule has 0 fully saturated rings. The molecule has 0 atom stereocenters. The molecule has 0 saturated heterocycles. The van der Waals surface area contributed by atoms with Crippen molar-refractivity contribution in [2.75, 3.05) is 0 Å². The van der Waals surface area contributed by atoms with Gasteiger partial charge in [0.05, 0.1) is 11.7 Å². The zero-order valence-corrected chi connectivity index (χ0v) is 14.5. The molecule has 0 heterocycles. The van der Waals surface area contributed by atoms with E-state index < -0.39 is 0 Å². The van der Waals surface area contributed by atoms with Crippen molar-refractivity contribution in [3.8, 4) is 5.75 Å². The lowest BCUT2D eigenvalue weighted by atomic mass is 10.0. The Kier molecular flexibility index (Phi) is 5.43. The highest BCUT2D eigenvalue weighted by Gasteiger charge is 2.16. The topological polar surface area (TPSA) is 35.5 Å². The molecule has 0 radical (unpaired) electrons. The Morgan fingerprint density at radius 2 is 1.78 bits per heavy atom. The van der Waals surface area contributed by atoms with Crippen LogP contribution in [0.1, 0.15) is 46.5 Å². The van der Waals surface area contributed by atoms with E-state index in [0.717, 1.165) is 22.4 Å². The lowest BCUT2D eigenvalue weighted by Crippen LogP contribution is -2.15. The van der Waals surface area contributed by atoms with E-state index in [0.29, 0.717) is 12.2 Å². The van der Waals surface area contributed by atoms with Gasteiger partial charge in [-0.3, -0.25) is 0 Å². The highest BCUT2D eigenvalue weighted by atomic mass is 16.5. The molecule has 2 rings (SSSR count). The van der Waals surface area contributed by atoms with Gasteiger partial charge in [-0.15, -0.1) is 0 Å². The van der Waals surface area contributed by atoms with Gasteiger partial charge in [0.15, 0.2) is 0 Å². The lowest BCUT2D eigenvalue weighted by molar-refractivity contribution is 0.0375. The quantitative estimate of drug-likeness (QED) is 0.747. The zero-order chi connectivity index (χ0) is 17.0. The van der Waals surface area contributed by atoms with Gasteiger partial charge in [-0.05, 0) is 57.9 Å². The molecule has 0 saturated carbocycles. The van der Waals surface area contributed by atoms with Crippen LogP contribution in [0.15, 0.2) is 36.4 Å². The third-order valence-electron chi connectivity index (χ3n) is 3.68. The molecule has 0 bridgehead atoms. The van der Waals surface area contributed by atoms with Crippen molar-refractivity contribution >= 4 is 5.97 Å². The maximum Gasteiger partial charge on any atom is 0.338 e. The average Bonchev–Trinajstić information content (AvgIpc) is 2.46. The normalized spacial score (nSPS) is 10.7. The van der Waals surface area contributed by atoms with Crippen molar-refractivity contribution in [1.82, 2.24) is 0 Å². The fourth-order valence-electron chi connectivity index (χ4n) is 2.47. The standard InChI is InChI=1S/C20H24O3/c1-13(2)23-20(21)17-8-6-7-15(4)18(17)12-22-19-10-9-14(3)11-16(19)5/h6-11,13H,12H2,1-5H3. The second-order valence-electron chi connectivity index (χ2n) is 6.11. The van der Waals surface area contributed by atoms with E-state index >= 15 is 0 Å². The van der Waals surface area contributed by atoms with Crippen molar-refractivity contribution < 1.29 is 14.3 Å². The SMILES string of the molecule is Cc1ccc(OCc2c(C)cccc2C(=O)OC(C)C)c(C)c1. The van der Waals surface area contributed by atoms with E-state index in [9.17, 15) is 4.79 Å². The van der Waals surface area contributed by atoms with E-state index in [1.54, 1.807) is 6.07 Å². The first-order chi connectivity index (χ1) is 10.9. The number of ether oxygens (including phenoxy) is 2. The van der Waals surface area contributed by atoms with Gasteiger partial charge in [0, 0.05) is 5.56 Å². The largest absolute Gasteiger partial charge is 0.489 e. The molecule has 23 heavy (non-hydrogen) atoms. The molecule has 0 spiro atoms. The third-order valence-corrected chi connectivity index (χ3v) is 3.68. The summed E-state index contributed by atoms with van der Waals surface area (Å²) in [6.07, 6.45) is -0.142. The first-order valence-corrected chi connectivity index (χ1v) is 7.88. The summed E-state index contributed by atoms with van der Waals surface area (Å²) in [5.41, 5.74) is 4.76. The first kappa shape index (κ1) is 17.1. The Morgan fingerprint density at radius 3 is 2.43 bits per heavy atom. The summed E-state index contributed by atoms with van der Waals surface area (Å²) < 4.78 is 11.3. The average molecular weight is 312 g/mol. The van der Waals surface area contributed by atoms with Crippen LogP contribution in [0.5, 0.6) is 5.75 Å². The fourth-order valence-corrected chi connectivity index (χ4v) is 2.47. The number of carbonyl (C=O) groups excluding carboxylic acids is 1. The van der Waals surface area contributed by atoms with Crippen molar-refractivity contribution in [2.24, 2.45) is 0 Å². The molecule has 0 aliphatic rings. The van der Waals surface area contributed by atoms with Crippen LogP contribution in [-0.2, 0) is 11.3 Å². The fraction of sp³-hybridized carbons (Fsp3) is 0.350. The van der Waals surface area contributed by atoms with Crippen LogP contribution in [0.25, 0.3) is 0 Å². The van der Waals surface area contributed by atoms with Crippen LogP contribution in [0.2, 0.25) is 0 Å². The number of benzene rings is 2. The molecule has 3 heteroatoms. The van der Waals surface area contributed by atoms with Gasteiger partial charge < -0.3 is 9.47 Å². The zero-order valence-electron chi connectivity index (χ0n) is 14.5. The minimum atomic E-state index is -0.303. The summed E-state index contributed by atoms with van der Waals surface area (Å²) in [5.74, 6) is 0.532. The van der Waals surface area contributed by atoms with E-state index in [-0.39, 0.29) is 12.1 Å². The molecule has 122 valence electrons. The minimum Gasteiger partial charge on any atom is -0.489 e. The molecule has 0 N–H and O–H groups in total. The molecule has 0 aliphatic heterocycles. The molecular formula is C20H24O3. The second kappa shape index (κ2) is 7.32. The third kappa shape index (κ3) is 4.35. The van der Waals surface area contributed by atoms with Gasteiger partial charge in [-0.1, -0.05) is 29.8 Å². The van der Waals surface area contributed by atoms with Crippen LogP contribution in [0, 0.1) is 20.8 Å².